The average Bonchev–Trinajstić information content (AvgIpc) is 2.46. The highest BCUT2D eigenvalue weighted by Gasteiger charge is 2.17. The van der Waals surface area contributed by atoms with Crippen LogP contribution in [0.4, 0.5) is 0 Å². The van der Waals surface area contributed by atoms with Crippen molar-refractivity contribution >= 4 is 29.9 Å². The summed E-state index contributed by atoms with van der Waals surface area (Å²) in [6.45, 7) is 8.69. The number of hydrogen-bond acceptors (Lipinski definition) is 2. The standard InChI is InChI=1S/C16H34N4.HI/c1-13(2)14(3)19-16(17-4)18-11-12-20(5)15-9-7-6-8-10-15;/h13-15H,6-12H2,1-5H3,(H2,17,18,19);1H. The van der Waals surface area contributed by atoms with Crippen LogP contribution < -0.4 is 10.6 Å². The Morgan fingerprint density at radius 3 is 2.33 bits per heavy atom. The molecular weight excluding hydrogens is 375 g/mol. The molecular formula is C16H35IN4. The molecule has 1 aliphatic rings. The quantitative estimate of drug-likeness (QED) is 0.402. The third kappa shape index (κ3) is 8.24. The van der Waals surface area contributed by atoms with Gasteiger partial charge in [0.25, 0.3) is 0 Å². The highest BCUT2D eigenvalue weighted by molar-refractivity contribution is 14.0. The van der Waals surface area contributed by atoms with Crippen LogP contribution in [0.3, 0.4) is 0 Å². The van der Waals surface area contributed by atoms with Crippen molar-refractivity contribution in [2.75, 3.05) is 27.2 Å². The Morgan fingerprint density at radius 2 is 1.81 bits per heavy atom. The summed E-state index contributed by atoms with van der Waals surface area (Å²) in [5.41, 5.74) is 0. The Labute approximate surface area is 148 Å². The van der Waals surface area contributed by atoms with Crippen LogP contribution >= 0.6 is 24.0 Å². The third-order valence-electron chi connectivity index (χ3n) is 4.54. The van der Waals surface area contributed by atoms with Crippen LogP contribution in [-0.4, -0.2) is 50.1 Å². The van der Waals surface area contributed by atoms with Gasteiger partial charge in [0.05, 0.1) is 0 Å². The molecule has 0 aromatic rings. The molecule has 21 heavy (non-hydrogen) atoms. The van der Waals surface area contributed by atoms with Gasteiger partial charge in [0.15, 0.2) is 5.96 Å². The zero-order valence-corrected chi connectivity index (χ0v) is 16.8. The zero-order valence-electron chi connectivity index (χ0n) is 14.5. The van der Waals surface area contributed by atoms with Crippen molar-refractivity contribution in [3.63, 3.8) is 0 Å². The van der Waals surface area contributed by atoms with Crippen LogP contribution in [0.15, 0.2) is 4.99 Å². The summed E-state index contributed by atoms with van der Waals surface area (Å²) < 4.78 is 0. The van der Waals surface area contributed by atoms with Crippen molar-refractivity contribution in [3.05, 3.63) is 0 Å². The number of likely N-dealkylation sites (N-methyl/N-ethyl adjacent to an activating group) is 1. The number of rotatable bonds is 6. The van der Waals surface area contributed by atoms with Crippen LogP contribution in [-0.2, 0) is 0 Å². The number of guanidine groups is 1. The van der Waals surface area contributed by atoms with Gasteiger partial charge in [-0.2, -0.15) is 0 Å². The van der Waals surface area contributed by atoms with E-state index in [9.17, 15) is 0 Å². The maximum atomic E-state index is 4.30. The van der Waals surface area contributed by atoms with Gasteiger partial charge in [-0.15, -0.1) is 24.0 Å². The van der Waals surface area contributed by atoms with E-state index in [1.807, 2.05) is 7.05 Å². The van der Waals surface area contributed by atoms with Gasteiger partial charge >= 0.3 is 0 Å². The molecule has 4 nitrogen and oxygen atoms in total. The second kappa shape index (κ2) is 11.5. The van der Waals surface area contributed by atoms with Crippen molar-refractivity contribution in [3.8, 4) is 0 Å². The molecule has 0 aromatic heterocycles. The minimum atomic E-state index is 0. The first-order chi connectivity index (χ1) is 9.54. The fourth-order valence-corrected chi connectivity index (χ4v) is 2.63. The lowest BCUT2D eigenvalue weighted by Crippen LogP contribution is -2.47. The Kier molecular flexibility index (Phi) is 11.5. The minimum Gasteiger partial charge on any atom is -0.355 e. The first-order valence-electron chi connectivity index (χ1n) is 8.22. The second-order valence-electron chi connectivity index (χ2n) is 6.45. The van der Waals surface area contributed by atoms with E-state index in [2.05, 4.69) is 48.3 Å². The SMILES string of the molecule is CN=C(NCCN(C)C1CCCCC1)NC(C)C(C)C.I. The first-order valence-corrected chi connectivity index (χ1v) is 8.22. The monoisotopic (exact) mass is 410 g/mol. The summed E-state index contributed by atoms with van der Waals surface area (Å²) in [6.07, 6.45) is 6.96. The summed E-state index contributed by atoms with van der Waals surface area (Å²) in [7, 11) is 4.10. The molecule has 2 N–H and O–H groups in total. The molecule has 0 aliphatic heterocycles. The third-order valence-corrected chi connectivity index (χ3v) is 4.54. The molecule has 1 rings (SSSR count). The molecule has 5 heteroatoms. The topological polar surface area (TPSA) is 39.7 Å². The predicted molar refractivity (Wildman–Crippen MR) is 104 cm³/mol. The fourth-order valence-electron chi connectivity index (χ4n) is 2.63. The maximum Gasteiger partial charge on any atom is 0.191 e. The molecule has 0 spiro atoms. The average molecular weight is 410 g/mol. The van der Waals surface area contributed by atoms with E-state index in [0.29, 0.717) is 12.0 Å². The summed E-state index contributed by atoms with van der Waals surface area (Å²) in [6, 6.07) is 1.23. The number of nitrogens with zero attached hydrogens (tertiary/aromatic N) is 2. The molecule has 0 bridgehead atoms. The highest BCUT2D eigenvalue weighted by atomic mass is 127. The number of nitrogens with one attached hydrogen (secondary N) is 2. The smallest absolute Gasteiger partial charge is 0.191 e. The molecule has 126 valence electrons. The lowest BCUT2D eigenvalue weighted by Gasteiger charge is -2.31. The molecule has 0 radical (unpaired) electrons. The van der Waals surface area contributed by atoms with Crippen LogP contribution in [0.2, 0.25) is 0 Å². The molecule has 0 amide bonds. The van der Waals surface area contributed by atoms with Gasteiger partial charge < -0.3 is 15.5 Å². The molecule has 1 fully saturated rings. The molecule has 1 aliphatic carbocycles. The zero-order chi connectivity index (χ0) is 15.0. The van der Waals surface area contributed by atoms with Crippen molar-refractivity contribution in [2.24, 2.45) is 10.9 Å². The van der Waals surface area contributed by atoms with Crippen molar-refractivity contribution in [2.45, 2.75) is 65.0 Å². The molecule has 0 aromatic carbocycles. The van der Waals surface area contributed by atoms with E-state index in [1.54, 1.807) is 0 Å². The van der Waals surface area contributed by atoms with Crippen LogP contribution in [0.1, 0.15) is 52.9 Å². The van der Waals surface area contributed by atoms with Gasteiger partial charge in [0, 0.05) is 32.2 Å². The summed E-state index contributed by atoms with van der Waals surface area (Å²) in [5.74, 6) is 1.53. The Morgan fingerprint density at radius 1 is 1.19 bits per heavy atom. The molecule has 1 atom stereocenters. The van der Waals surface area contributed by atoms with Gasteiger partial charge in [-0.3, -0.25) is 4.99 Å². The lowest BCUT2D eigenvalue weighted by atomic mass is 9.94. The Hall–Kier alpha value is -0.0400. The van der Waals surface area contributed by atoms with E-state index >= 15 is 0 Å². The van der Waals surface area contributed by atoms with Crippen molar-refractivity contribution in [1.82, 2.24) is 15.5 Å². The van der Waals surface area contributed by atoms with Crippen molar-refractivity contribution in [1.29, 1.82) is 0 Å². The summed E-state index contributed by atoms with van der Waals surface area (Å²) in [5, 5.41) is 6.86. The minimum absolute atomic E-state index is 0. The van der Waals surface area contributed by atoms with Crippen molar-refractivity contribution < 1.29 is 0 Å². The van der Waals surface area contributed by atoms with Gasteiger partial charge in [-0.25, -0.2) is 0 Å². The van der Waals surface area contributed by atoms with E-state index in [1.165, 1.54) is 32.1 Å². The van der Waals surface area contributed by atoms with E-state index in [0.717, 1.165) is 25.1 Å². The van der Waals surface area contributed by atoms with Gasteiger partial charge in [0.2, 0.25) is 0 Å². The number of halogens is 1. The van der Waals surface area contributed by atoms with Crippen LogP contribution in [0.5, 0.6) is 0 Å². The second-order valence-corrected chi connectivity index (χ2v) is 6.45. The maximum absolute atomic E-state index is 4.30. The van der Waals surface area contributed by atoms with E-state index in [4.69, 9.17) is 0 Å². The van der Waals surface area contributed by atoms with E-state index < -0.39 is 0 Å². The fraction of sp³-hybridized carbons (Fsp3) is 0.938. The highest BCUT2D eigenvalue weighted by Crippen LogP contribution is 2.21. The summed E-state index contributed by atoms with van der Waals surface area (Å²) in [4.78, 5) is 6.80. The van der Waals surface area contributed by atoms with Gasteiger partial charge in [0.1, 0.15) is 0 Å². The van der Waals surface area contributed by atoms with Crippen LogP contribution in [0, 0.1) is 5.92 Å². The molecule has 0 heterocycles. The molecule has 1 saturated carbocycles. The molecule has 0 saturated heterocycles. The number of hydrogen-bond donors (Lipinski definition) is 2. The van der Waals surface area contributed by atoms with Crippen LogP contribution in [0.25, 0.3) is 0 Å². The summed E-state index contributed by atoms with van der Waals surface area (Å²) >= 11 is 0. The van der Waals surface area contributed by atoms with Gasteiger partial charge in [-0.1, -0.05) is 33.1 Å². The lowest BCUT2D eigenvalue weighted by molar-refractivity contribution is 0.194. The normalized spacial score (nSPS) is 18.5. The first kappa shape index (κ1) is 21.0. The Bertz CT molecular complexity index is 288. The predicted octanol–water partition coefficient (Wildman–Crippen LogP) is 3.08. The van der Waals surface area contributed by atoms with Gasteiger partial charge in [-0.05, 0) is 32.7 Å². The van der Waals surface area contributed by atoms with E-state index in [-0.39, 0.29) is 24.0 Å². The number of aliphatic imine (C=N–C) groups is 1. The molecule has 1 unspecified atom stereocenters. The largest absolute Gasteiger partial charge is 0.355 e. The Balaban J connectivity index is 0.00000400.